The van der Waals surface area contributed by atoms with Gasteiger partial charge in [-0.15, -0.1) is 0 Å². The van der Waals surface area contributed by atoms with Gasteiger partial charge >= 0.3 is 5.97 Å². The maximum absolute atomic E-state index is 10.9. The quantitative estimate of drug-likeness (QED) is 0.806. The highest BCUT2D eigenvalue weighted by molar-refractivity contribution is 6.33. The van der Waals surface area contributed by atoms with Gasteiger partial charge in [0, 0.05) is 19.1 Å². The summed E-state index contributed by atoms with van der Waals surface area (Å²) in [6.45, 7) is 5.88. The van der Waals surface area contributed by atoms with Crippen molar-refractivity contribution < 1.29 is 9.90 Å². The van der Waals surface area contributed by atoms with E-state index in [-0.39, 0.29) is 10.7 Å². The van der Waals surface area contributed by atoms with Crippen LogP contribution in [0.2, 0.25) is 5.02 Å². The van der Waals surface area contributed by atoms with E-state index in [0.717, 1.165) is 13.0 Å². The number of rotatable bonds is 7. The molecule has 1 atom stereocenters. The average Bonchev–Trinajstić information content (AvgIpc) is 2.39. The Morgan fingerprint density at radius 1 is 1.58 bits per heavy atom. The van der Waals surface area contributed by atoms with Crippen molar-refractivity contribution in [3.05, 3.63) is 22.8 Å². The van der Waals surface area contributed by atoms with E-state index >= 15 is 0 Å². The number of hydrogen-bond donors (Lipinski definition) is 2. The molecule has 0 bridgehead atoms. The second-order valence-electron chi connectivity index (χ2n) is 4.50. The standard InChI is InChI=1S/C13H20ClN3O2/c1-4-9(2)17(3)8-7-15-11-6-5-10(14)12(16-11)13(18)19/h5-6,9H,4,7-8H2,1-3H3,(H,15,16)(H,18,19). The van der Waals surface area contributed by atoms with Crippen LogP contribution in [0.3, 0.4) is 0 Å². The minimum absolute atomic E-state index is 0.123. The number of likely N-dealkylation sites (N-methyl/N-ethyl adjacent to an activating group) is 1. The number of hydrogen-bond acceptors (Lipinski definition) is 4. The molecule has 0 fully saturated rings. The normalized spacial score (nSPS) is 12.5. The molecule has 106 valence electrons. The minimum Gasteiger partial charge on any atom is -0.476 e. The molecule has 0 amide bonds. The summed E-state index contributed by atoms with van der Waals surface area (Å²) in [5.41, 5.74) is -0.123. The van der Waals surface area contributed by atoms with E-state index in [1.165, 1.54) is 0 Å². The number of pyridine rings is 1. The third kappa shape index (κ3) is 4.69. The predicted octanol–water partition coefficient (Wildman–Crippen LogP) is 2.58. The van der Waals surface area contributed by atoms with Crippen LogP contribution >= 0.6 is 11.6 Å². The van der Waals surface area contributed by atoms with E-state index < -0.39 is 5.97 Å². The Labute approximate surface area is 118 Å². The number of anilines is 1. The first kappa shape index (κ1) is 15.7. The van der Waals surface area contributed by atoms with Crippen molar-refractivity contribution in [1.82, 2.24) is 9.88 Å². The zero-order valence-corrected chi connectivity index (χ0v) is 12.2. The van der Waals surface area contributed by atoms with Crippen molar-refractivity contribution in [1.29, 1.82) is 0 Å². The fourth-order valence-corrected chi connectivity index (χ4v) is 1.77. The summed E-state index contributed by atoms with van der Waals surface area (Å²) in [7, 11) is 2.06. The molecular formula is C13H20ClN3O2. The summed E-state index contributed by atoms with van der Waals surface area (Å²) in [6.07, 6.45) is 1.10. The van der Waals surface area contributed by atoms with Gasteiger partial charge in [0.25, 0.3) is 0 Å². The van der Waals surface area contributed by atoms with Gasteiger partial charge in [-0.3, -0.25) is 0 Å². The summed E-state index contributed by atoms with van der Waals surface area (Å²) in [5.74, 6) is -0.593. The lowest BCUT2D eigenvalue weighted by molar-refractivity contribution is 0.0691. The summed E-state index contributed by atoms with van der Waals surface area (Å²) < 4.78 is 0. The van der Waals surface area contributed by atoms with E-state index in [4.69, 9.17) is 16.7 Å². The molecule has 1 heterocycles. The zero-order chi connectivity index (χ0) is 14.4. The van der Waals surface area contributed by atoms with E-state index in [1.54, 1.807) is 12.1 Å². The molecule has 1 unspecified atom stereocenters. The van der Waals surface area contributed by atoms with E-state index in [9.17, 15) is 4.79 Å². The van der Waals surface area contributed by atoms with Crippen LogP contribution in [0.5, 0.6) is 0 Å². The van der Waals surface area contributed by atoms with Gasteiger partial charge in [0.15, 0.2) is 5.69 Å². The number of halogens is 1. The molecule has 1 rings (SSSR count). The van der Waals surface area contributed by atoms with E-state index in [1.807, 2.05) is 0 Å². The summed E-state index contributed by atoms with van der Waals surface area (Å²) >= 11 is 5.76. The summed E-state index contributed by atoms with van der Waals surface area (Å²) in [5, 5.41) is 12.2. The van der Waals surface area contributed by atoms with E-state index in [2.05, 4.69) is 36.1 Å². The van der Waals surface area contributed by atoms with Gasteiger partial charge in [-0.25, -0.2) is 9.78 Å². The number of carbonyl (C=O) groups is 1. The highest BCUT2D eigenvalue weighted by Gasteiger charge is 2.11. The molecule has 0 saturated carbocycles. The fraction of sp³-hybridized carbons (Fsp3) is 0.538. The van der Waals surface area contributed by atoms with Crippen molar-refractivity contribution in [2.75, 3.05) is 25.5 Å². The third-order valence-electron chi connectivity index (χ3n) is 3.16. The molecule has 0 radical (unpaired) electrons. The number of carboxylic acids is 1. The molecule has 1 aromatic rings. The highest BCUT2D eigenvalue weighted by atomic mass is 35.5. The topological polar surface area (TPSA) is 65.5 Å². The molecule has 0 aliphatic rings. The van der Waals surface area contributed by atoms with Gasteiger partial charge in [-0.1, -0.05) is 18.5 Å². The molecule has 0 aliphatic carbocycles. The summed E-state index contributed by atoms with van der Waals surface area (Å²) in [6, 6.07) is 3.74. The van der Waals surface area contributed by atoms with Gasteiger partial charge in [-0.2, -0.15) is 0 Å². The van der Waals surface area contributed by atoms with Crippen LogP contribution in [-0.2, 0) is 0 Å². The number of carboxylic acid groups (broad SMARTS) is 1. The Morgan fingerprint density at radius 2 is 2.26 bits per heavy atom. The molecule has 19 heavy (non-hydrogen) atoms. The number of aromatic carboxylic acids is 1. The number of aromatic nitrogens is 1. The average molecular weight is 286 g/mol. The van der Waals surface area contributed by atoms with Crippen LogP contribution in [0, 0.1) is 0 Å². The zero-order valence-electron chi connectivity index (χ0n) is 11.5. The summed E-state index contributed by atoms with van der Waals surface area (Å²) in [4.78, 5) is 17.1. The van der Waals surface area contributed by atoms with E-state index in [0.29, 0.717) is 18.4 Å². The Hall–Kier alpha value is -1.33. The van der Waals surface area contributed by atoms with Gasteiger partial charge < -0.3 is 15.3 Å². The van der Waals surface area contributed by atoms with Crippen LogP contribution in [0.15, 0.2) is 12.1 Å². The van der Waals surface area contributed by atoms with Crippen LogP contribution in [0.25, 0.3) is 0 Å². The smallest absolute Gasteiger partial charge is 0.356 e. The fourth-order valence-electron chi connectivity index (χ4n) is 1.58. The van der Waals surface area contributed by atoms with Crippen LogP contribution in [-0.4, -0.2) is 47.1 Å². The largest absolute Gasteiger partial charge is 0.476 e. The molecule has 0 saturated heterocycles. The monoisotopic (exact) mass is 285 g/mol. The first-order valence-corrected chi connectivity index (χ1v) is 6.67. The molecule has 0 spiro atoms. The minimum atomic E-state index is -1.12. The molecule has 2 N–H and O–H groups in total. The lowest BCUT2D eigenvalue weighted by atomic mass is 10.2. The van der Waals surface area contributed by atoms with Gasteiger partial charge in [0.05, 0.1) is 5.02 Å². The van der Waals surface area contributed by atoms with Crippen LogP contribution in [0.1, 0.15) is 30.8 Å². The predicted molar refractivity (Wildman–Crippen MR) is 77.1 cm³/mol. The lowest BCUT2D eigenvalue weighted by Gasteiger charge is -2.23. The van der Waals surface area contributed by atoms with Gasteiger partial charge in [0.2, 0.25) is 0 Å². The molecule has 1 aromatic heterocycles. The lowest BCUT2D eigenvalue weighted by Crippen LogP contribution is -2.32. The van der Waals surface area contributed by atoms with Crippen molar-refractivity contribution in [3.8, 4) is 0 Å². The third-order valence-corrected chi connectivity index (χ3v) is 3.47. The maximum Gasteiger partial charge on any atom is 0.356 e. The van der Waals surface area contributed by atoms with Crippen molar-refractivity contribution >= 4 is 23.4 Å². The Bertz CT molecular complexity index is 440. The second kappa shape index (κ2) is 7.31. The SMILES string of the molecule is CCC(C)N(C)CCNc1ccc(Cl)c(C(=O)O)n1. The maximum atomic E-state index is 10.9. The first-order chi connectivity index (χ1) is 8.95. The Balaban J connectivity index is 2.54. The van der Waals surface area contributed by atoms with Crippen molar-refractivity contribution in [2.24, 2.45) is 0 Å². The van der Waals surface area contributed by atoms with Crippen molar-refractivity contribution in [2.45, 2.75) is 26.3 Å². The Morgan fingerprint density at radius 3 is 2.84 bits per heavy atom. The highest BCUT2D eigenvalue weighted by Crippen LogP contribution is 2.16. The molecule has 0 aliphatic heterocycles. The van der Waals surface area contributed by atoms with Gasteiger partial charge in [-0.05, 0) is 32.5 Å². The Kier molecular flexibility index (Phi) is 6.05. The molecular weight excluding hydrogens is 266 g/mol. The first-order valence-electron chi connectivity index (χ1n) is 6.29. The second-order valence-corrected chi connectivity index (χ2v) is 4.90. The number of nitrogens with one attached hydrogen (secondary N) is 1. The molecule has 6 heteroatoms. The van der Waals surface area contributed by atoms with Gasteiger partial charge in [0.1, 0.15) is 5.82 Å². The van der Waals surface area contributed by atoms with Crippen LogP contribution < -0.4 is 5.32 Å². The van der Waals surface area contributed by atoms with Crippen molar-refractivity contribution in [3.63, 3.8) is 0 Å². The van der Waals surface area contributed by atoms with Crippen LogP contribution in [0.4, 0.5) is 5.82 Å². The molecule has 0 aromatic carbocycles. The number of nitrogens with zero attached hydrogens (tertiary/aromatic N) is 2. The molecule has 5 nitrogen and oxygen atoms in total.